The average Bonchev–Trinajstić information content (AvgIpc) is 2.83. The largest absolute Gasteiger partial charge is 0.425 e. The van der Waals surface area contributed by atoms with E-state index in [4.69, 9.17) is 0 Å². The molecule has 22 heteroatoms. The van der Waals surface area contributed by atoms with Crippen molar-refractivity contribution in [2.24, 2.45) is 5.92 Å². The average molecular weight is 704 g/mol. The van der Waals surface area contributed by atoms with E-state index in [1.807, 2.05) is 0 Å². The molecule has 0 spiro atoms. The van der Waals surface area contributed by atoms with Gasteiger partial charge in [0.15, 0.2) is 17.4 Å². The molecule has 256 valence electrons. The molecule has 0 saturated carbocycles. The van der Waals surface area contributed by atoms with Crippen molar-refractivity contribution in [3.05, 3.63) is 70.3 Å². The molecule has 4 nitrogen and oxygen atoms in total. The van der Waals surface area contributed by atoms with E-state index in [-0.39, 0.29) is 0 Å². The highest BCUT2D eigenvalue weighted by Gasteiger charge is 2.49. The summed E-state index contributed by atoms with van der Waals surface area (Å²) in [5, 5.41) is 0. The summed E-state index contributed by atoms with van der Waals surface area (Å²) in [6.07, 6.45) is -37.3. The van der Waals surface area contributed by atoms with Crippen molar-refractivity contribution in [1.82, 2.24) is 0 Å². The Balaban J connectivity index is 2.77. The van der Waals surface area contributed by atoms with E-state index in [1.165, 1.54) is 0 Å². The van der Waals surface area contributed by atoms with Gasteiger partial charge in [-0.2, -0.15) is 79.0 Å². The smallest absolute Gasteiger partial charge is 0.420 e. The number of alkyl halides is 18. The Hall–Kier alpha value is -4.14. The first-order valence-corrected chi connectivity index (χ1v) is 11.2. The second kappa shape index (κ2) is 12.2. The number of rotatable bonds is 6. The number of benzene rings is 2. The van der Waals surface area contributed by atoms with Gasteiger partial charge in [0.1, 0.15) is 0 Å². The van der Waals surface area contributed by atoms with Gasteiger partial charge in [0.25, 0.3) is 0 Å². The van der Waals surface area contributed by atoms with Gasteiger partial charge in [-0.05, 0) is 30.7 Å². The SMILES string of the molecule is C=CCC(C(=O)Oc1c(C(F)(F)F)cc(C(F)(F)F)cc1C(F)(F)F)C(=O)Oc1c(C(F)(F)F)cc(C(F)(F)F)cc1C(F)(F)F. The molecular formula is C24H10F18O4. The topological polar surface area (TPSA) is 52.6 Å². The van der Waals surface area contributed by atoms with Gasteiger partial charge in [-0.15, -0.1) is 6.58 Å². The molecule has 0 heterocycles. The Morgan fingerprint density at radius 1 is 0.522 bits per heavy atom. The minimum atomic E-state index is -6.16. The highest BCUT2D eigenvalue weighted by Crippen LogP contribution is 2.49. The van der Waals surface area contributed by atoms with Crippen molar-refractivity contribution in [1.29, 1.82) is 0 Å². The van der Waals surface area contributed by atoms with Crippen LogP contribution in [-0.2, 0) is 46.6 Å². The van der Waals surface area contributed by atoms with E-state index < -0.39 is 130 Å². The molecule has 0 aliphatic heterocycles. The van der Waals surface area contributed by atoms with Crippen molar-refractivity contribution < 1.29 is 98.1 Å². The molecule has 0 atom stereocenters. The third-order valence-corrected chi connectivity index (χ3v) is 5.43. The lowest BCUT2D eigenvalue weighted by atomic mass is 10.0. The second-order valence-corrected chi connectivity index (χ2v) is 8.71. The van der Waals surface area contributed by atoms with E-state index in [0.717, 1.165) is 0 Å². The van der Waals surface area contributed by atoms with E-state index >= 15 is 0 Å². The number of ether oxygens (including phenoxy) is 2. The zero-order valence-corrected chi connectivity index (χ0v) is 21.3. The number of carbonyl (C=O) groups is 2. The molecule has 0 aliphatic carbocycles. The van der Waals surface area contributed by atoms with E-state index in [1.54, 1.807) is 0 Å². The van der Waals surface area contributed by atoms with Gasteiger partial charge in [-0.25, -0.2) is 0 Å². The predicted octanol–water partition coefficient (Wildman–Crippen LogP) is 9.50. The van der Waals surface area contributed by atoms with Crippen LogP contribution in [-0.4, -0.2) is 11.9 Å². The van der Waals surface area contributed by atoms with Gasteiger partial charge in [-0.3, -0.25) is 9.59 Å². The first kappa shape index (κ1) is 38.0. The van der Waals surface area contributed by atoms with Crippen LogP contribution in [0.5, 0.6) is 11.5 Å². The molecule has 0 aromatic heterocycles. The maximum absolute atomic E-state index is 13.5. The van der Waals surface area contributed by atoms with Crippen LogP contribution in [0, 0.1) is 5.92 Å². The van der Waals surface area contributed by atoms with Gasteiger partial charge in [0, 0.05) is 0 Å². The maximum atomic E-state index is 13.5. The molecule has 2 aromatic rings. The van der Waals surface area contributed by atoms with Crippen LogP contribution in [0.25, 0.3) is 0 Å². The maximum Gasteiger partial charge on any atom is 0.420 e. The molecule has 46 heavy (non-hydrogen) atoms. The number of allylic oxidation sites excluding steroid dienone is 1. The van der Waals surface area contributed by atoms with Gasteiger partial charge < -0.3 is 9.47 Å². The van der Waals surface area contributed by atoms with Crippen molar-refractivity contribution in [2.75, 3.05) is 0 Å². The van der Waals surface area contributed by atoms with Crippen molar-refractivity contribution in [2.45, 2.75) is 43.5 Å². The summed E-state index contributed by atoms with van der Waals surface area (Å²) in [4.78, 5) is 25.2. The summed E-state index contributed by atoms with van der Waals surface area (Å²) in [7, 11) is 0. The van der Waals surface area contributed by atoms with Crippen LogP contribution in [0.15, 0.2) is 36.9 Å². The molecular weight excluding hydrogens is 694 g/mol. The third kappa shape index (κ3) is 8.77. The minimum absolute atomic E-state index is 0.400. The Labute approximate surface area is 242 Å². The van der Waals surface area contributed by atoms with Crippen molar-refractivity contribution in [3.8, 4) is 11.5 Å². The summed E-state index contributed by atoms with van der Waals surface area (Å²) in [6.45, 7) is 2.90. The molecule has 0 N–H and O–H groups in total. The van der Waals surface area contributed by atoms with Crippen LogP contribution >= 0.6 is 0 Å². The Morgan fingerprint density at radius 2 is 0.761 bits per heavy atom. The Kier molecular flexibility index (Phi) is 10.1. The normalized spacial score (nSPS) is 13.5. The van der Waals surface area contributed by atoms with Crippen LogP contribution in [0.1, 0.15) is 39.8 Å². The Morgan fingerprint density at radius 3 is 0.935 bits per heavy atom. The number of hydrogen-bond acceptors (Lipinski definition) is 4. The van der Waals surface area contributed by atoms with Gasteiger partial charge in [-0.1, -0.05) is 6.08 Å². The quantitative estimate of drug-likeness (QED) is 0.0989. The molecule has 0 bridgehead atoms. The zero-order valence-electron chi connectivity index (χ0n) is 21.3. The van der Waals surface area contributed by atoms with E-state index in [0.29, 0.717) is 6.08 Å². The molecule has 0 amide bonds. The first-order valence-electron chi connectivity index (χ1n) is 11.2. The fourth-order valence-corrected chi connectivity index (χ4v) is 3.45. The molecule has 2 rings (SSSR count). The summed E-state index contributed by atoms with van der Waals surface area (Å²) in [6, 6.07) is -3.75. The number of halogens is 18. The van der Waals surface area contributed by atoms with Crippen LogP contribution in [0.2, 0.25) is 0 Å². The molecule has 0 unspecified atom stereocenters. The fourth-order valence-electron chi connectivity index (χ4n) is 3.45. The van der Waals surface area contributed by atoms with Gasteiger partial charge in [0.2, 0.25) is 0 Å². The van der Waals surface area contributed by atoms with Gasteiger partial charge in [0.05, 0.1) is 33.4 Å². The summed E-state index contributed by atoms with van der Waals surface area (Å²) < 4.78 is 249. The zero-order chi connectivity index (χ0) is 36.0. The number of hydrogen-bond donors (Lipinski definition) is 0. The summed E-state index contributed by atoms with van der Waals surface area (Å²) in [5.41, 5.74) is -16.7. The molecule has 0 aliphatic rings. The van der Waals surface area contributed by atoms with Crippen LogP contribution in [0.4, 0.5) is 79.0 Å². The highest BCUT2D eigenvalue weighted by atomic mass is 19.4. The number of carbonyl (C=O) groups excluding carboxylic acids is 2. The van der Waals surface area contributed by atoms with Crippen molar-refractivity contribution in [3.63, 3.8) is 0 Å². The number of esters is 2. The molecule has 0 fully saturated rings. The van der Waals surface area contributed by atoms with Crippen molar-refractivity contribution >= 4 is 11.9 Å². The minimum Gasteiger partial charge on any atom is -0.425 e. The Bertz CT molecular complexity index is 1310. The summed E-state index contributed by atoms with van der Waals surface area (Å²) in [5.74, 6) is -13.8. The summed E-state index contributed by atoms with van der Waals surface area (Å²) >= 11 is 0. The fraction of sp³-hybridized carbons (Fsp3) is 0.333. The molecule has 0 radical (unpaired) electrons. The van der Waals surface area contributed by atoms with Gasteiger partial charge >= 0.3 is 49.0 Å². The predicted molar refractivity (Wildman–Crippen MR) is 112 cm³/mol. The second-order valence-electron chi connectivity index (χ2n) is 8.71. The lowest BCUT2D eigenvalue weighted by Crippen LogP contribution is -2.33. The first-order chi connectivity index (χ1) is 20.4. The lowest BCUT2D eigenvalue weighted by Gasteiger charge is -2.23. The standard InChI is InChI=1S/C24H10F18O4/c1-2-3-10(17(43)45-15-11(21(31,32)33)4-8(19(25,26)27)5-12(15)22(34,35)36)18(44)46-16-13(23(37,38)39)6-9(20(28,29)30)7-14(16)24(40,41)42/h2,4-7,10H,1,3H2. The van der Waals surface area contributed by atoms with E-state index in [2.05, 4.69) is 16.1 Å². The highest BCUT2D eigenvalue weighted by molar-refractivity contribution is 5.97. The van der Waals surface area contributed by atoms with Crippen LogP contribution < -0.4 is 9.47 Å². The molecule has 0 saturated heterocycles. The molecule has 2 aromatic carbocycles. The van der Waals surface area contributed by atoms with E-state index in [9.17, 15) is 88.6 Å². The third-order valence-electron chi connectivity index (χ3n) is 5.43. The lowest BCUT2D eigenvalue weighted by molar-refractivity contribution is -0.156. The van der Waals surface area contributed by atoms with Crippen LogP contribution in [0.3, 0.4) is 0 Å². The monoisotopic (exact) mass is 704 g/mol.